The Morgan fingerprint density at radius 1 is 1.50 bits per heavy atom. The van der Waals surface area contributed by atoms with Crippen molar-refractivity contribution in [2.75, 3.05) is 5.73 Å². The molecule has 0 atom stereocenters. The standard InChI is InChI=1S/C7H11BrClN3/c1-7(2,3)12-6(9)4(10)5(8)11-12/h10H2,1-3H3. The number of anilines is 1. The van der Waals surface area contributed by atoms with Crippen molar-refractivity contribution in [1.29, 1.82) is 0 Å². The van der Waals surface area contributed by atoms with Crippen molar-refractivity contribution in [3.05, 3.63) is 9.76 Å². The molecule has 0 aromatic carbocycles. The minimum Gasteiger partial charge on any atom is -0.394 e. The van der Waals surface area contributed by atoms with Gasteiger partial charge >= 0.3 is 0 Å². The summed E-state index contributed by atoms with van der Waals surface area (Å²) in [4.78, 5) is 0. The Bertz CT molecular complexity index is 300. The van der Waals surface area contributed by atoms with E-state index < -0.39 is 0 Å². The van der Waals surface area contributed by atoms with Gasteiger partial charge in [-0.1, -0.05) is 11.6 Å². The first kappa shape index (κ1) is 9.86. The van der Waals surface area contributed by atoms with E-state index in [0.717, 1.165) is 0 Å². The molecule has 1 heterocycles. The first-order valence-corrected chi connectivity index (χ1v) is 4.71. The molecule has 1 rings (SSSR count). The maximum atomic E-state index is 5.94. The van der Waals surface area contributed by atoms with Gasteiger partial charge in [-0.2, -0.15) is 5.10 Å². The number of nitrogen functional groups attached to an aromatic ring is 1. The summed E-state index contributed by atoms with van der Waals surface area (Å²) in [5.41, 5.74) is 5.99. The van der Waals surface area contributed by atoms with Crippen LogP contribution >= 0.6 is 27.5 Å². The molecular weight excluding hydrogens is 241 g/mol. The zero-order chi connectivity index (χ0) is 9.52. The van der Waals surface area contributed by atoms with Crippen molar-refractivity contribution in [2.45, 2.75) is 26.3 Å². The van der Waals surface area contributed by atoms with E-state index >= 15 is 0 Å². The Labute approximate surface area is 85.0 Å². The molecule has 0 amide bonds. The molecule has 0 saturated heterocycles. The van der Waals surface area contributed by atoms with Crippen molar-refractivity contribution in [3.8, 4) is 0 Å². The third kappa shape index (κ3) is 1.59. The van der Waals surface area contributed by atoms with Gasteiger partial charge in [-0.25, -0.2) is 4.68 Å². The zero-order valence-electron chi connectivity index (χ0n) is 7.23. The molecule has 68 valence electrons. The van der Waals surface area contributed by atoms with Gasteiger partial charge in [-0.05, 0) is 36.7 Å². The maximum Gasteiger partial charge on any atom is 0.152 e. The van der Waals surface area contributed by atoms with Crippen molar-refractivity contribution in [2.24, 2.45) is 0 Å². The van der Waals surface area contributed by atoms with E-state index in [9.17, 15) is 0 Å². The first-order chi connectivity index (χ1) is 5.34. The summed E-state index contributed by atoms with van der Waals surface area (Å²) in [6.45, 7) is 6.04. The van der Waals surface area contributed by atoms with Gasteiger partial charge in [0.1, 0.15) is 5.69 Å². The van der Waals surface area contributed by atoms with Crippen molar-refractivity contribution < 1.29 is 0 Å². The monoisotopic (exact) mass is 251 g/mol. The number of aromatic nitrogens is 2. The average molecular weight is 253 g/mol. The van der Waals surface area contributed by atoms with E-state index in [4.69, 9.17) is 17.3 Å². The number of halogens is 2. The molecule has 12 heavy (non-hydrogen) atoms. The Balaban J connectivity index is 3.28. The van der Waals surface area contributed by atoms with Crippen LogP contribution in [0.2, 0.25) is 5.15 Å². The van der Waals surface area contributed by atoms with Crippen LogP contribution in [0, 0.1) is 0 Å². The molecule has 0 spiro atoms. The number of hydrogen-bond donors (Lipinski definition) is 1. The highest BCUT2D eigenvalue weighted by Crippen LogP contribution is 2.30. The minimum absolute atomic E-state index is 0.142. The molecule has 0 bridgehead atoms. The lowest BCUT2D eigenvalue weighted by Gasteiger charge is -2.19. The fourth-order valence-electron chi connectivity index (χ4n) is 0.829. The fraction of sp³-hybridized carbons (Fsp3) is 0.571. The maximum absolute atomic E-state index is 5.94. The predicted molar refractivity (Wildman–Crippen MR) is 54.3 cm³/mol. The third-order valence-electron chi connectivity index (χ3n) is 1.45. The van der Waals surface area contributed by atoms with Gasteiger partial charge in [-0.3, -0.25) is 0 Å². The Hall–Kier alpha value is -0.220. The van der Waals surface area contributed by atoms with E-state index in [0.29, 0.717) is 15.4 Å². The summed E-state index contributed by atoms with van der Waals surface area (Å²) in [7, 11) is 0. The van der Waals surface area contributed by atoms with Crippen LogP contribution in [0.1, 0.15) is 20.8 Å². The molecule has 0 radical (unpaired) electrons. The lowest BCUT2D eigenvalue weighted by atomic mass is 10.1. The van der Waals surface area contributed by atoms with Gasteiger partial charge in [0.25, 0.3) is 0 Å². The largest absolute Gasteiger partial charge is 0.394 e. The number of rotatable bonds is 0. The summed E-state index contributed by atoms with van der Waals surface area (Å²) in [5.74, 6) is 0. The Morgan fingerprint density at radius 2 is 2.00 bits per heavy atom. The SMILES string of the molecule is CC(C)(C)n1nc(Br)c(N)c1Cl. The normalized spacial score (nSPS) is 12.1. The highest BCUT2D eigenvalue weighted by molar-refractivity contribution is 9.10. The summed E-state index contributed by atoms with van der Waals surface area (Å²) >= 11 is 9.16. The van der Waals surface area contributed by atoms with Gasteiger partial charge in [0.2, 0.25) is 0 Å². The molecule has 0 saturated carbocycles. The van der Waals surface area contributed by atoms with Crippen molar-refractivity contribution in [1.82, 2.24) is 9.78 Å². The van der Waals surface area contributed by atoms with Crippen LogP contribution in [0.5, 0.6) is 0 Å². The molecule has 3 nitrogen and oxygen atoms in total. The van der Waals surface area contributed by atoms with Crippen LogP contribution in [0.15, 0.2) is 4.60 Å². The van der Waals surface area contributed by atoms with Crippen LogP contribution in [-0.4, -0.2) is 9.78 Å². The van der Waals surface area contributed by atoms with Crippen LogP contribution in [-0.2, 0) is 5.54 Å². The van der Waals surface area contributed by atoms with Gasteiger partial charge in [0.15, 0.2) is 9.76 Å². The van der Waals surface area contributed by atoms with Crippen molar-refractivity contribution in [3.63, 3.8) is 0 Å². The second kappa shape index (κ2) is 2.92. The van der Waals surface area contributed by atoms with E-state index in [-0.39, 0.29) is 5.54 Å². The summed E-state index contributed by atoms with van der Waals surface area (Å²) in [6.07, 6.45) is 0. The Kier molecular flexibility index (Phi) is 2.40. The van der Waals surface area contributed by atoms with Crippen LogP contribution in [0.25, 0.3) is 0 Å². The lowest BCUT2D eigenvalue weighted by molar-refractivity contribution is 0.355. The van der Waals surface area contributed by atoms with Crippen LogP contribution in [0.3, 0.4) is 0 Å². The third-order valence-corrected chi connectivity index (χ3v) is 2.40. The molecule has 1 aromatic heterocycles. The lowest BCUT2D eigenvalue weighted by Crippen LogP contribution is -2.23. The summed E-state index contributed by atoms with van der Waals surface area (Å²) < 4.78 is 2.29. The number of nitrogens with two attached hydrogens (primary N) is 1. The highest BCUT2D eigenvalue weighted by atomic mass is 79.9. The van der Waals surface area contributed by atoms with Crippen LogP contribution < -0.4 is 5.73 Å². The molecule has 0 unspecified atom stereocenters. The molecule has 0 fully saturated rings. The molecule has 5 heteroatoms. The van der Waals surface area contributed by atoms with Crippen LogP contribution in [0.4, 0.5) is 5.69 Å². The second-order valence-corrected chi connectivity index (χ2v) is 4.69. The van der Waals surface area contributed by atoms with E-state index in [1.807, 2.05) is 20.8 Å². The predicted octanol–water partition coefficient (Wildman–Crippen LogP) is 2.64. The number of nitrogens with zero attached hydrogens (tertiary/aromatic N) is 2. The summed E-state index contributed by atoms with van der Waals surface area (Å²) in [5, 5.41) is 4.64. The smallest absolute Gasteiger partial charge is 0.152 e. The van der Waals surface area contributed by atoms with Gasteiger partial charge < -0.3 is 5.73 Å². The highest BCUT2D eigenvalue weighted by Gasteiger charge is 2.21. The topological polar surface area (TPSA) is 43.8 Å². The number of hydrogen-bond acceptors (Lipinski definition) is 2. The van der Waals surface area contributed by atoms with Gasteiger partial charge in [0, 0.05) is 0 Å². The Morgan fingerprint density at radius 3 is 2.17 bits per heavy atom. The first-order valence-electron chi connectivity index (χ1n) is 3.54. The van der Waals surface area contributed by atoms with E-state index in [2.05, 4.69) is 21.0 Å². The molecule has 0 aliphatic carbocycles. The van der Waals surface area contributed by atoms with E-state index in [1.165, 1.54) is 0 Å². The molecule has 0 aliphatic rings. The van der Waals surface area contributed by atoms with E-state index in [1.54, 1.807) is 4.68 Å². The quantitative estimate of drug-likeness (QED) is 0.771. The van der Waals surface area contributed by atoms with Gasteiger partial charge in [-0.15, -0.1) is 0 Å². The summed E-state index contributed by atoms with van der Waals surface area (Å²) in [6, 6.07) is 0. The minimum atomic E-state index is -0.142. The average Bonchev–Trinajstić information content (AvgIpc) is 2.15. The molecular formula is C7H11BrClN3. The zero-order valence-corrected chi connectivity index (χ0v) is 9.57. The van der Waals surface area contributed by atoms with Crippen molar-refractivity contribution >= 4 is 33.2 Å². The molecule has 1 aromatic rings. The fourth-order valence-corrected chi connectivity index (χ4v) is 1.67. The molecule has 2 N–H and O–H groups in total. The van der Waals surface area contributed by atoms with Gasteiger partial charge in [0.05, 0.1) is 5.54 Å². The second-order valence-electron chi connectivity index (χ2n) is 3.58. The molecule has 0 aliphatic heterocycles.